The minimum absolute atomic E-state index is 0.191. The molecule has 0 spiro atoms. The van der Waals surface area contributed by atoms with Crippen molar-refractivity contribution in [1.82, 2.24) is 25.1 Å². The van der Waals surface area contributed by atoms with E-state index in [9.17, 15) is 4.79 Å². The molecule has 1 fully saturated rings. The van der Waals surface area contributed by atoms with Crippen molar-refractivity contribution < 1.29 is 4.79 Å². The quantitative estimate of drug-likeness (QED) is 0.780. The van der Waals surface area contributed by atoms with Crippen molar-refractivity contribution in [3.63, 3.8) is 0 Å². The molecule has 0 unspecified atom stereocenters. The number of aromatic nitrogens is 4. The fourth-order valence-electron chi connectivity index (χ4n) is 2.87. The Morgan fingerprint density at radius 1 is 1.04 bits per heavy atom. The second kappa shape index (κ2) is 8.82. The van der Waals surface area contributed by atoms with Gasteiger partial charge in [0.15, 0.2) is 0 Å². The third-order valence-electron chi connectivity index (χ3n) is 4.21. The van der Waals surface area contributed by atoms with Crippen molar-refractivity contribution >= 4 is 17.7 Å². The van der Waals surface area contributed by atoms with Crippen LogP contribution in [-0.2, 0) is 11.3 Å². The van der Waals surface area contributed by atoms with Crippen molar-refractivity contribution in [2.24, 2.45) is 0 Å². The molecule has 0 bridgehead atoms. The lowest BCUT2D eigenvalue weighted by atomic mass is 10.1. The fraction of sp³-hybridized carbons (Fsp3) is 0.529. The van der Waals surface area contributed by atoms with Crippen LogP contribution >= 0.6 is 11.8 Å². The van der Waals surface area contributed by atoms with Crippen LogP contribution in [0.15, 0.2) is 35.5 Å². The van der Waals surface area contributed by atoms with Gasteiger partial charge in [0.1, 0.15) is 0 Å². The third-order valence-corrected chi connectivity index (χ3v) is 5.15. The minimum Gasteiger partial charge on any atom is -0.342 e. The molecule has 1 aliphatic heterocycles. The van der Waals surface area contributed by atoms with E-state index in [4.69, 9.17) is 0 Å². The lowest BCUT2D eigenvalue weighted by Gasteiger charge is -2.24. The molecule has 1 amide bonds. The van der Waals surface area contributed by atoms with E-state index in [1.54, 1.807) is 4.68 Å². The number of rotatable bonds is 5. The normalized spacial score (nSPS) is 15.8. The Morgan fingerprint density at radius 3 is 2.50 bits per heavy atom. The van der Waals surface area contributed by atoms with Gasteiger partial charge in [-0.2, -0.15) is 0 Å². The molecule has 0 saturated carbocycles. The minimum atomic E-state index is 0.191. The van der Waals surface area contributed by atoms with Crippen LogP contribution < -0.4 is 0 Å². The number of hydrogen-bond donors (Lipinski definition) is 0. The smallest absolute Gasteiger partial charge is 0.233 e. The average Bonchev–Trinajstić information content (AvgIpc) is 3.00. The number of carbonyl (C=O) groups is 1. The molecule has 0 aliphatic carbocycles. The Labute approximate surface area is 146 Å². The van der Waals surface area contributed by atoms with Crippen LogP contribution in [-0.4, -0.2) is 49.9 Å². The first kappa shape index (κ1) is 17.0. The van der Waals surface area contributed by atoms with Gasteiger partial charge in [0.05, 0.1) is 12.3 Å². The number of benzene rings is 1. The van der Waals surface area contributed by atoms with Crippen LogP contribution in [0.25, 0.3) is 0 Å². The van der Waals surface area contributed by atoms with Crippen molar-refractivity contribution in [2.45, 2.75) is 43.8 Å². The van der Waals surface area contributed by atoms with Crippen LogP contribution in [0.3, 0.4) is 0 Å². The molecule has 128 valence electrons. The van der Waals surface area contributed by atoms with Crippen LogP contribution in [0.4, 0.5) is 0 Å². The van der Waals surface area contributed by atoms with Crippen LogP contribution in [0.5, 0.6) is 0 Å². The van der Waals surface area contributed by atoms with Crippen LogP contribution in [0, 0.1) is 0 Å². The highest BCUT2D eigenvalue weighted by Gasteiger charge is 2.17. The molecule has 1 aliphatic rings. The van der Waals surface area contributed by atoms with Crippen molar-refractivity contribution in [3.8, 4) is 0 Å². The van der Waals surface area contributed by atoms with E-state index in [-0.39, 0.29) is 5.91 Å². The molecule has 1 saturated heterocycles. The summed E-state index contributed by atoms with van der Waals surface area (Å²) in [7, 11) is 0. The monoisotopic (exact) mass is 345 g/mol. The second-order valence-corrected chi connectivity index (χ2v) is 6.98. The first-order chi connectivity index (χ1) is 11.8. The molecule has 7 heteroatoms. The first-order valence-electron chi connectivity index (χ1n) is 8.53. The number of carbonyl (C=O) groups excluding carboxylic acids is 1. The zero-order chi connectivity index (χ0) is 16.6. The van der Waals surface area contributed by atoms with E-state index in [1.165, 1.54) is 31.0 Å². The zero-order valence-electron chi connectivity index (χ0n) is 13.8. The topological polar surface area (TPSA) is 63.9 Å². The summed E-state index contributed by atoms with van der Waals surface area (Å²) in [5.41, 5.74) is 1.14. The van der Waals surface area contributed by atoms with Gasteiger partial charge in [0, 0.05) is 13.1 Å². The van der Waals surface area contributed by atoms with Crippen molar-refractivity contribution in [1.29, 1.82) is 0 Å². The maximum Gasteiger partial charge on any atom is 0.233 e. The molecule has 0 N–H and O–H groups in total. The van der Waals surface area contributed by atoms with Crippen molar-refractivity contribution in [2.75, 3.05) is 18.8 Å². The van der Waals surface area contributed by atoms with Gasteiger partial charge in [-0.25, -0.2) is 4.68 Å². The number of likely N-dealkylation sites (tertiary alicyclic amines) is 1. The summed E-state index contributed by atoms with van der Waals surface area (Å²) in [6.45, 7) is 2.39. The molecular formula is C17H23N5OS. The van der Waals surface area contributed by atoms with Gasteiger partial charge in [-0.3, -0.25) is 4.79 Å². The summed E-state index contributed by atoms with van der Waals surface area (Å²) >= 11 is 1.42. The molecule has 24 heavy (non-hydrogen) atoms. The molecule has 3 rings (SSSR count). The molecule has 1 aromatic heterocycles. The number of tetrazole rings is 1. The number of hydrogen-bond acceptors (Lipinski definition) is 5. The van der Waals surface area contributed by atoms with Gasteiger partial charge in [0.2, 0.25) is 11.1 Å². The van der Waals surface area contributed by atoms with Crippen molar-refractivity contribution in [3.05, 3.63) is 35.9 Å². The SMILES string of the molecule is O=C(CSc1nnnn1Cc1ccccc1)N1CCCCCCC1. The number of amides is 1. The zero-order valence-corrected chi connectivity index (χ0v) is 14.6. The number of nitrogens with zero attached hydrogens (tertiary/aromatic N) is 5. The average molecular weight is 345 g/mol. The van der Waals surface area contributed by atoms with Gasteiger partial charge in [-0.05, 0) is 28.8 Å². The summed E-state index contributed by atoms with van der Waals surface area (Å²) in [4.78, 5) is 14.5. The highest BCUT2D eigenvalue weighted by atomic mass is 32.2. The van der Waals surface area contributed by atoms with Gasteiger partial charge in [-0.15, -0.1) is 5.10 Å². The maximum absolute atomic E-state index is 12.5. The van der Waals surface area contributed by atoms with Crippen LogP contribution in [0.1, 0.15) is 37.7 Å². The molecular weight excluding hydrogens is 322 g/mol. The Balaban J connectivity index is 1.54. The van der Waals surface area contributed by atoms with E-state index >= 15 is 0 Å². The fourth-order valence-corrected chi connectivity index (χ4v) is 3.65. The summed E-state index contributed by atoms with van der Waals surface area (Å²) in [6, 6.07) is 10.1. The lowest BCUT2D eigenvalue weighted by Crippen LogP contribution is -2.35. The van der Waals surface area contributed by atoms with Gasteiger partial charge in [0.25, 0.3) is 0 Å². The Bertz CT molecular complexity index is 637. The Kier molecular flexibility index (Phi) is 6.23. The molecule has 1 aromatic carbocycles. The van der Waals surface area contributed by atoms with E-state index in [0.29, 0.717) is 17.5 Å². The predicted molar refractivity (Wildman–Crippen MR) is 93.8 cm³/mol. The summed E-state index contributed by atoms with van der Waals surface area (Å²) in [5, 5.41) is 12.5. The Morgan fingerprint density at radius 2 is 1.75 bits per heavy atom. The molecule has 2 aromatic rings. The Hall–Kier alpha value is -1.89. The van der Waals surface area contributed by atoms with E-state index in [2.05, 4.69) is 15.5 Å². The van der Waals surface area contributed by atoms with E-state index < -0.39 is 0 Å². The predicted octanol–water partition coefficient (Wildman–Crippen LogP) is 2.61. The molecule has 0 radical (unpaired) electrons. The highest BCUT2D eigenvalue weighted by molar-refractivity contribution is 7.99. The largest absolute Gasteiger partial charge is 0.342 e. The lowest BCUT2D eigenvalue weighted by molar-refractivity contribution is -0.128. The third kappa shape index (κ3) is 4.80. The highest BCUT2D eigenvalue weighted by Crippen LogP contribution is 2.17. The summed E-state index contributed by atoms with van der Waals surface area (Å²) in [6.07, 6.45) is 5.98. The second-order valence-electron chi connectivity index (χ2n) is 6.04. The molecule has 2 heterocycles. The molecule has 6 nitrogen and oxygen atoms in total. The maximum atomic E-state index is 12.5. The summed E-state index contributed by atoms with van der Waals surface area (Å²) in [5.74, 6) is 0.589. The van der Waals surface area contributed by atoms with E-state index in [1.807, 2.05) is 35.2 Å². The number of thioether (sulfide) groups is 1. The standard InChI is InChI=1S/C17H23N5OS/c23-16(21-11-7-2-1-3-8-12-21)14-24-17-18-19-20-22(17)13-15-9-5-4-6-10-15/h4-6,9-10H,1-3,7-8,11-14H2. The van der Waals surface area contributed by atoms with Crippen LogP contribution in [0.2, 0.25) is 0 Å². The molecule has 0 atom stereocenters. The summed E-state index contributed by atoms with van der Waals surface area (Å²) < 4.78 is 1.75. The van der Waals surface area contributed by atoms with Gasteiger partial charge < -0.3 is 4.90 Å². The first-order valence-corrected chi connectivity index (χ1v) is 9.52. The van der Waals surface area contributed by atoms with Gasteiger partial charge in [-0.1, -0.05) is 61.4 Å². The van der Waals surface area contributed by atoms with Gasteiger partial charge >= 0.3 is 0 Å². The van der Waals surface area contributed by atoms with E-state index in [0.717, 1.165) is 31.5 Å².